The van der Waals surface area contributed by atoms with Gasteiger partial charge in [0.05, 0.1) is 6.04 Å². The maximum absolute atomic E-state index is 11.4. The van der Waals surface area contributed by atoms with Crippen LogP contribution in [0.3, 0.4) is 0 Å². The molecule has 0 aromatic rings. The lowest BCUT2D eigenvalue weighted by Gasteiger charge is -2.20. The summed E-state index contributed by atoms with van der Waals surface area (Å²) in [5, 5.41) is 5.66. The monoisotopic (exact) mass is 256 g/mol. The second kappa shape index (κ2) is 7.87. The maximum Gasteiger partial charge on any atom is 0.407 e. The van der Waals surface area contributed by atoms with E-state index in [4.69, 9.17) is 4.74 Å². The Morgan fingerprint density at radius 1 is 1.33 bits per heavy atom. The summed E-state index contributed by atoms with van der Waals surface area (Å²) in [6.07, 6.45) is 1.55. The van der Waals surface area contributed by atoms with Crippen LogP contribution >= 0.6 is 0 Å². The van der Waals surface area contributed by atoms with Crippen LogP contribution in [0.4, 0.5) is 4.79 Å². The van der Waals surface area contributed by atoms with Crippen LogP contribution in [-0.4, -0.2) is 36.6 Å². The van der Waals surface area contributed by atoms with E-state index in [9.17, 15) is 9.59 Å². The molecule has 0 spiro atoms. The number of hydrogen-bond donors (Lipinski definition) is 2. The fraction of sp³-hybridized carbons (Fsp3) is 0.692. The highest BCUT2D eigenvalue weighted by atomic mass is 16.6. The zero-order valence-corrected chi connectivity index (χ0v) is 11.7. The van der Waals surface area contributed by atoms with E-state index in [2.05, 4.69) is 17.2 Å². The molecule has 0 fully saturated rings. The maximum atomic E-state index is 11.4. The van der Waals surface area contributed by atoms with E-state index in [0.717, 1.165) is 0 Å². The minimum atomic E-state index is -0.498. The summed E-state index contributed by atoms with van der Waals surface area (Å²) in [6, 6.07) is -0.233. The Hall–Kier alpha value is -1.36. The highest BCUT2D eigenvalue weighted by Gasteiger charge is 2.16. The third kappa shape index (κ3) is 7.84. The summed E-state index contributed by atoms with van der Waals surface area (Å²) in [4.78, 5) is 22.7. The summed E-state index contributed by atoms with van der Waals surface area (Å²) in [6.45, 7) is 11.7. The minimum Gasteiger partial charge on any atom is -0.444 e. The Bertz CT molecular complexity index is 295. The molecule has 1 atom stereocenters. The van der Waals surface area contributed by atoms with Crippen molar-refractivity contribution < 1.29 is 14.3 Å². The van der Waals surface area contributed by atoms with Crippen molar-refractivity contribution in [3.63, 3.8) is 0 Å². The minimum absolute atomic E-state index is 0.0326. The van der Waals surface area contributed by atoms with E-state index in [0.29, 0.717) is 19.5 Å². The quantitative estimate of drug-likeness (QED) is 0.536. The molecule has 0 aliphatic carbocycles. The highest BCUT2D eigenvalue weighted by molar-refractivity contribution is 5.93. The van der Waals surface area contributed by atoms with Crippen molar-refractivity contribution in [2.45, 2.75) is 45.8 Å². The van der Waals surface area contributed by atoms with Gasteiger partial charge in [-0.25, -0.2) is 4.79 Å². The molecule has 0 rings (SSSR count). The summed E-state index contributed by atoms with van der Waals surface area (Å²) in [7, 11) is 0. The predicted octanol–water partition coefficient (Wildman–Crippen LogP) is 1.63. The Morgan fingerprint density at radius 2 is 1.94 bits per heavy atom. The number of carbonyl (C=O) groups excluding carboxylic acids is 2. The van der Waals surface area contributed by atoms with E-state index in [1.807, 2.05) is 6.92 Å². The van der Waals surface area contributed by atoms with Crippen LogP contribution in [0, 0.1) is 0 Å². The van der Waals surface area contributed by atoms with Gasteiger partial charge in [0.15, 0.2) is 5.78 Å². The molecule has 0 heterocycles. The lowest BCUT2D eigenvalue weighted by atomic mass is 10.1. The number of nitrogens with one attached hydrogen (secondary N) is 2. The van der Waals surface area contributed by atoms with Crippen molar-refractivity contribution in [3.05, 3.63) is 12.7 Å². The van der Waals surface area contributed by atoms with Gasteiger partial charge in [-0.3, -0.25) is 4.79 Å². The van der Waals surface area contributed by atoms with Gasteiger partial charge in [-0.1, -0.05) is 13.5 Å². The topological polar surface area (TPSA) is 67.4 Å². The lowest BCUT2D eigenvalue weighted by Crippen LogP contribution is -2.41. The molecule has 0 radical (unpaired) electrons. The molecule has 5 nitrogen and oxygen atoms in total. The summed E-state index contributed by atoms with van der Waals surface area (Å²) >= 11 is 0. The van der Waals surface area contributed by atoms with Gasteiger partial charge in [-0.2, -0.15) is 0 Å². The zero-order chi connectivity index (χ0) is 14.2. The van der Waals surface area contributed by atoms with Crippen LogP contribution in [0.1, 0.15) is 34.1 Å². The zero-order valence-electron chi connectivity index (χ0n) is 11.7. The van der Waals surface area contributed by atoms with Gasteiger partial charge in [0, 0.05) is 13.1 Å². The molecule has 5 heteroatoms. The molecule has 0 saturated carbocycles. The summed E-state index contributed by atoms with van der Waals surface area (Å²) < 4.78 is 5.08. The predicted molar refractivity (Wildman–Crippen MR) is 71.5 cm³/mol. The van der Waals surface area contributed by atoms with E-state index in [1.54, 1.807) is 20.8 Å². The number of hydrogen-bond acceptors (Lipinski definition) is 4. The molecule has 0 aromatic heterocycles. The standard InChI is InChI=1S/C13H24N2O3/c1-6-10(11(16)7-2)14-8-9-15-12(17)18-13(3,4)5/h7,10,14H,2,6,8-9H2,1,3-5H3,(H,15,17). The van der Waals surface area contributed by atoms with Crippen molar-refractivity contribution in [3.8, 4) is 0 Å². The smallest absolute Gasteiger partial charge is 0.407 e. The average molecular weight is 256 g/mol. The molecule has 18 heavy (non-hydrogen) atoms. The number of carbonyl (C=O) groups is 2. The molecule has 0 aliphatic rings. The molecule has 2 N–H and O–H groups in total. The molecule has 0 aromatic carbocycles. The molecule has 1 amide bonds. The average Bonchev–Trinajstić information content (AvgIpc) is 2.26. The SMILES string of the molecule is C=CC(=O)C(CC)NCCNC(=O)OC(C)(C)C. The van der Waals surface area contributed by atoms with Gasteiger partial charge in [0.1, 0.15) is 5.60 Å². The fourth-order valence-electron chi connectivity index (χ4n) is 1.31. The van der Waals surface area contributed by atoms with Crippen LogP contribution in [0.2, 0.25) is 0 Å². The molecule has 0 aliphatic heterocycles. The van der Waals surface area contributed by atoms with Gasteiger partial charge in [0.2, 0.25) is 0 Å². The molecular formula is C13H24N2O3. The van der Waals surface area contributed by atoms with Crippen LogP contribution < -0.4 is 10.6 Å². The Labute approximate surface area is 109 Å². The van der Waals surface area contributed by atoms with Crippen molar-refractivity contribution in [1.29, 1.82) is 0 Å². The van der Waals surface area contributed by atoms with Gasteiger partial charge in [-0.05, 0) is 33.3 Å². The summed E-state index contributed by atoms with van der Waals surface area (Å²) in [5.74, 6) is -0.0326. The van der Waals surface area contributed by atoms with Crippen LogP contribution in [0.15, 0.2) is 12.7 Å². The second-order valence-corrected chi connectivity index (χ2v) is 4.95. The van der Waals surface area contributed by atoms with Gasteiger partial charge in [0.25, 0.3) is 0 Å². The van der Waals surface area contributed by atoms with Gasteiger partial charge >= 0.3 is 6.09 Å². The van der Waals surface area contributed by atoms with Crippen molar-refractivity contribution in [1.82, 2.24) is 10.6 Å². The molecule has 104 valence electrons. The van der Waals surface area contributed by atoms with Crippen LogP contribution in [-0.2, 0) is 9.53 Å². The highest BCUT2D eigenvalue weighted by Crippen LogP contribution is 2.05. The van der Waals surface area contributed by atoms with Gasteiger partial charge in [-0.15, -0.1) is 0 Å². The number of ether oxygens (including phenoxy) is 1. The fourth-order valence-corrected chi connectivity index (χ4v) is 1.31. The second-order valence-electron chi connectivity index (χ2n) is 4.95. The number of rotatable bonds is 7. The molecule has 0 bridgehead atoms. The number of amides is 1. The van der Waals surface area contributed by atoms with Crippen molar-refractivity contribution in [2.75, 3.05) is 13.1 Å². The van der Waals surface area contributed by atoms with Gasteiger partial charge < -0.3 is 15.4 Å². The lowest BCUT2D eigenvalue weighted by molar-refractivity contribution is -0.116. The third-order valence-corrected chi connectivity index (χ3v) is 2.14. The van der Waals surface area contributed by atoms with E-state index in [-0.39, 0.29) is 11.8 Å². The van der Waals surface area contributed by atoms with Crippen LogP contribution in [0.5, 0.6) is 0 Å². The Morgan fingerprint density at radius 3 is 2.39 bits per heavy atom. The Kier molecular flexibility index (Phi) is 7.27. The van der Waals surface area contributed by atoms with E-state index >= 15 is 0 Å². The van der Waals surface area contributed by atoms with E-state index < -0.39 is 11.7 Å². The largest absolute Gasteiger partial charge is 0.444 e. The van der Waals surface area contributed by atoms with Crippen molar-refractivity contribution in [2.24, 2.45) is 0 Å². The first-order valence-electron chi connectivity index (χ1n) is 6.16. The Balaban J connectivity index is 3.82. The molecule has 1 unspecified atom stereocenters. The number of ketones is 1. The van der Waals surface area contributed by atoms with E-state index in [1.165, 1.54) is 6.08 Å². The first-order valence-corrected chi connectivity index (χ1v) is 6.16. The summed E-state index contributed by atoms with van der Waals surface area (Å²) in [5.41, 5.74) is -0.498. The van der Waals surface area contributed by atoms with Crippen LogP contribution in [0.25, 0.3) is 0 Å². The van der Waals surface area contributed by atoms with Crippen molar-refractivity contribution >= 4 is 11.9 Å². The normalized spacial score (nSPS) is 12.7. The third-order valence-electron chi connectivity index (χ3n) is 2.14. The molecule has 0 saturated heterocycles. The first kappa shape index (κ1) is 16.6. The number of alkyl carbamates (subject to hydrolysis) is 1. The molecular weight excluding hydrogens is 232 g/mol. The first-order chi connectivity index (χ1) is 8.30.